The quantitative estimate of drug-likeness (QED) is 0.504. The molecule has 0 heterocycles. The number of methoxy groups -OCH3 is 1. The number of hydrogen-bond acceptors (Lipinski definition) is 4. The van der Waals surface area contributed by atoms with Crippen LogP contribution in [0.5, 0.6) is 0 Å². The molecule has 0 fully saturated rings. The van der Waals surface area contributed by atoms with Crippen LogP contribution in [0.25, 0.3) is 5.57 Å². The Bertz CT molecular complexity index is 567. The second-order valence-corrected chi connectivity index (χ2v) is 3.67. The summed E-state index contributed by atoms with van der Waals surface area (Å²) in [5, 5.41) is 20.2. The van der Waals surface area contributed by atoms with Gasteiger partial charge >= 0.3 is 0 Å². The number of nitrogens with zero attached hydrogens (tertiary/aromatic N) is 1. The highest BCUT2D eigenvalue weighted by Gasteiger charge is 2.15. The van der Waals surface area contributed by atoms with Crippen LogP contribution in [-0.2, 0) is 4.74 Å². The molecule has 1 aliphatic rings. The van der Waals surface area contributed by atoms with Crippen molar-refractivity contribution in [3.05, 3.63) is 69.7 Å². The van der Waals surface area contributed by atoms with Gasteiger partial charge < -0.3 is 9.84 Å². The summed E-state index contributed by atoms with van der Waals surface area (Å²) in [6.07, 6.45) is 5.31. The van der Waals surface area contributed by atoms with E-state index < -0.39 is 4.92 Å². The van der Waals surface area contributed by atoms with E-state index >= 15 is 0 Å². The van der Waals surface area contributed by atoms with Crippen LogP contribution in [0.4, 0.5) is 5.69 Å². The van der Waals surface area contributed by atoms with Gasteiger partial charge in [0.15, 0.2) is 0 Å². The Morgan fingerprint density at radius 3 is 2.56 bits per heavy atom. The van der Waals surface area contributed by atoms with Gasteiger partial charge in [-0.1, -0.05) is 12.2 Å². The van der Waals surface area contributed by atoms with Gasteiger partial charge in [-0.3, -0.25) is 10.1 Å². The smallest absolute Gasteiger partial charge is 0.284 e. The lowest BCUT2D eigenvalue weighted by Gasteiger charge is -2.07. The van der Waals surface area contributed by atoms with Crippen LogP contribution in [0, 0.1) is 10.1 Å². The molecule has 2 rings (SSSR count). The van der Waals surface area contributed by atoms with Gasteiger partial charge in [0, 0.05) is 12.1 Å². The molecule has 1 N–H and O–H groups in total. The molecule has 0 bridgehead atoms. The molecule has 0 amide bonds. The zero-order valence-corrected chi connectivity index (χ0v) is 9.66. The van der Waals surface area contributed by atoms with Gasteiger partial charge in [-0.15, -0.1) is 0 Å². The van der Waals surface area contributed by atoms with Crippen molar-refractivity contribution in [1.29, 1.82) is 0 Å². The number of ether oxygens (including phenoxy) is 1. The van der Waals surface area contributed by atoms with Gasteiger partial charge in [0.05, 0.1) is 17.6 Å². The summed E-state index contributed by atoms with van der Waals surface area (Å²) < 4.78 is 4.78. The number of hydrogen-bond donors (Lipinski definition) is 1. The van der Waals surface area contributed by atoms with Crippen molar-refractivity contribution in [2.24, 2.45) is 0 Å². The van der Waals surface area contributed by atoms with E-state index in [1.165, 1.54) is 19.2 Å². The molecule has 18 heavy (non-hydrogen) atoms. The zero-order valence-electron chi connectivity index (χ0n) is 9.66. The molecular formula is C13H11NO4. The lowest BCUT2D eigenvalue weighted by atomic mass is 10.0. The Kier molecular flexibility index (Phi) is 3.14. The van der Waals surface area contributed by atoms with Gasteiger partial charge in [0.1, 0.15) is 0 Å². The molecule has 92 valence electrons. The molecule has 0 saturated carbocycles. The van der Waals surface area contributed by atoms with Crippen LogP contribution in [0.2, 0.25) is 0 Å². The first-order chi connectivity index (χ1) is 8.63. The summed E-state index contributed by atoms with van der Waals surface area (Å²) in [6.45, 7) is 0. The highest BCUT2D eigenvalue weighted by molar-refractivity contribution is 5.86. The van der Waals surface area contributed by atoms with Crippen LogP contribution >= 0.6 is 0 Å². The monoisotopic (exact) mass is 245 g/mol. The van der Waals surface area contributed by atoms with Gasteiger partial charge in [0.2, 0.25) is 0 Å². The number of aliphatic hydroxyl groups excluding tert-OH is 1. The number of rotatable bonds is 3. The van der Waals surface area contributed by atoms with Gasteiger partial charge in [-0.25, -0.2) is 0 Å². The molecular weight excluding hydrogens is 234 g/mol. The maximum absolute atomic E-state index is 10.6. The van der Waals surface area contributed by atoms with E-state index in [1.807, 2.05) is 6.08 Å². The Labute approximate surface area is 103 Å². The van der Waals surface area contributed by atoms with Crippen molar-refractivity contribution in [2.75, 3.05) is 7.11 Å². The highest BCUT2D eigenvalue weighted by Crippen LogP contribution is 2.31. The van der Waals surface area contributed by atoms with Crippen molar-refractivity contribution < 1.29 is 14.8 Å². The van der Waals surface area contributed by atoms with Crippen molar-refractivity contribution in [3.63, 3.8) is 0 Å². The first-order valence-electron chi connectivity index (χ1n) is 5.24. The third kappa shape index (κ3) is 2.10. The lowest BCUT2D eigenvalue weighted by Crippen LogP contribution is -1.94. The molecule has 0 saturated heterocycles. The van der Waals surface area contributed by atoms with E-state index in [-0.39, 0.29) is 11.6 Å². The predicted molar refractivity (Wildman–Crippen MR) is 66.9 cm³/mol. The predicted octanol–water partition coefficient (Wildman–Crippen LogP) is 2.96. The molecule has 1 aliphatic carbocycles. The van der Waals surface area contributed by atoms with E-state index in [0.29, 0.717) is 5.57 Å². The summed E-state index contributed by atoms with van der Waals surface area (Å²) in [6, 6.07) is 6.13. The number of allylic oxidation sites excluding steroid dienone is 5. The van der Waals surface area contributed by atoms with Crippen LogP contribution in [-0.4, -0.2) is 17.1 Å². The van der Waals surface area contributed by atoms with E-state index in [0.717, 1.165) is 11.1 Å². The fourth-order valence-corrected chi connectivity index (χ4v) is 1.73. The number of nitro benzene ring substituents is 1. The second kappa shape index (κ2) is 4.75. The molecule has 0 atom stereocenters. The standard InChI is InChI=1S/C13H11NO4/c1-18-13(15)12-4-2-3-11(12)9-5-7-10(8-6-9)14(16)17/h2-8,15H,1H3/b13-12+. The Morgan fingerprint density at radius 1 is 1.33 bits per heavy atom. The Hall–Kier alpha value is -2.56. The summed E-state index contributed by atoms with van der Waals surface area (Å²) in [4.78, 5) is 10.1. The summed E-state index contributed by atoms with van der Waals surface area (Å²) in [5.41, 5.74) is 2.15. The van der Waals surface area contributed by atoms with E-state index in [1.54, 1.807) is 24.3 Å². The normalized spacial score (nSPS) is 16.4. The van der Waals surface area contributed by atoms with Crippen molar-refractivity contribution in [3.8, 4) is 0 Å². The SMILES string of the molecule is CO/C(O)=C1\C=CC=C1c1ccc([N+](=O)[O-])cc1. The maximum Gasteiger partial charge on any atom is 0.284 e. The van der Waals surface area contributed by atoms with Crippen LogP contribution in [0.1, 0.15) is 5.56 Å². The average Bonchev–Trinajstić information content (AvgIpc) is 2.87. The van der Waals surface area contributed by atoms with Gasteiger partial charge in [-0.05, 0) is 29.3 Å². The lowest BCUT2D eigenvalue weighted by molar-refractivity contribution is -0.384. The van der Waals surface area contributed by atoms with Crippen LogP contribution < -0.4 is 0 Å². The fourth-order valence-electron chi connectivity index (χ4n) is 1.73. The van der Waals surface area contributed by atoms with Crippen molar-refractivity contribution >= 4 is 11.3 Å². The largest absolute Gasteiger partial charge is 0.481 e. The third-order valence-electron chi connectivity index (χ3n) is 2.63. The molecule has 0 spiro atoms. The number of aliphatic hydroxyl groups is 1. The number of benzene rings is 1. The van der Waals surface area contributed by atoms with Crippen LogP contribution in [0.15, 0.2) is 54.0 Å². The summed E-state index contributed by atoms with van der Waals surface area (Å²) >= 11 is 0. The maximum atomic E-state index is 10.6. The van der Waals surface area contributed by atoms with Gasteiger partial charge in [0.25, 0.3) is 11.6 Å². The average molecular weight is 245 g/mol. The minimum absolute atomic E-state index is 0.0341. The van der Waals surface area contributed by atoms with E-state index in [2.05, 4.69) is 0 Å². The van der Waals surface area contributed by atoms with Crippen molar-refractivity contribution in [1.82, 2.24) is 0 Å². The first kappa shape index (κ1) is 11.9. The summed E-state index contributed by atoms with van der Waals surface area (Å²) in [7, 11) is 1.38. The zero-order chi connectivity index (χ0) is 13.1. The molecule has 1 aromatic carbocycles. The van der Waals surface area contributed by atoms with E-state index in [9.17, 15) is 15.2 Å². The van der Waals surface area contributed by atoms with Gasteiger partial charge in [-0.2, -0.15) is 0 Å². The van der Waals surface area contributed by atoms with E-state index in [4.69, 9.17) is 4.74 Å². The first-order valence-corrected chi connectivity index (χ1v) is 5.24. The molecule has 0 radical (unpaired) electrons. The van der Waals surface area contributed by atoms with Crippen LogP contribution in [0.3, 0.4) is 0 Å². The molecule has 1 aromatic rings. The molecule has 5 nitrogen and oxygen atoms in total. The fraction of sp³-hybridized carbons (Fsp3) is 0.0769. The molecule has 5 heteroatoms. The second-order valence-electron chi connectivity index (χ2n) is 3.67. The molecule has 0 aliphatic heterocycles. The number of non-ortho nitro benzene ring substituents is 1. The minimum atomic E-state index is -0.450. The topological polar surface area (TPSA) is 72.6 Å². The molecule has 0 aromatic heterocycles. The summed E-state index contributed by atoms with van der Waals surface area (Å²) in [5.74, 6) is -0.173. The Morgan fingerprint density at radius 2 is 2.00 bits per heavy atom. The molecule has 0 unspecified atom stereocenters. The third-order valence-corrected chi connectivity index (χ3v) is 2.63. The number of nitro groups is 1. The minimum Gasteiger partial charge on any atom is -0.481 e. The highest BCUT2D eigenvalue weighted by atomic mass is 16.6. The van der Waals surface area contributed by atoms with Crippen molar-refractivity contribution in [2.45, 2.75) is 0 Å². The Balaban J connectivity index is 2.36.